The molecule has 0 bridgehead atoms. The summed E-state index contributed by atoms with van der Waals surface area (Å²) in [4.78, 5) is 0. The molecule has 2 nitrogen and oxygen atoms in total. The van der Waals surface area contributed by atoms with Crippen molar-refractivity contribution in [3.05, 3.63) is 0 Å². The van der Waals surface area contributed by atoms with Crippen LogP contribution in [0.15, 0.2) is 0 Å². The molecule has 4 unspecified atom stereocenters. The van der Waals surface area contributed by atoms with Gasteiger partial charge in [-0.2, -0.15) is 0 Å². The summed E-state index contributed by atoms with van der Waals surface area (Å²) in [6.07, 6.45) is 4.31. The molecule has 0 aromatic carbocycles. The van der Waals surface area contributed by atoms with E-state index >= 15 is 0 Å². The average molecular weight is 186 g/mol. The minimum Gasteiger partial charge on any atom is -0.390 e. The summed E-state index contributed by atoms with van der Waals surface area (Å²) in [7, 11) is 0. The van der Waals surface area contributed by atoms with E-state index in [0.29, 0.717) is 12.3 Å². The summed E-state index contributed by atoms with van der Waals surface area (Å²) < 4.78 is 0. The molecule has 0 spiro atoms. The third-order valence-corrected chi connectivity index (χ3v) is 3.27. The zero-order chi connectivity index (χ0) is 9.84. The standard InChI is InChI=1S/C11H22O2/c1-3-10(12)11(13)9-6-4-5-8(2)7-9/h8-13H,3-7H2,1-2H3. The Hall–Kier alpha value is -0.0800. The van der Waals surface area contributed by atoms with Crippen LogP contribution in [0.4, 0.5) is 0 Å². The van der Waals surface area contributed by atoms with Crippen molar-refractivity contribution in [1.29, 1.82) is 0 Å². The minimum atomic E-state index is -0.518. The molecule has 0 saturated heterocycles. The number of hydrogen-bond acceptors (Lipinski definition) is 2. The summed E-state index contributed by atoms with van der Waals surface area (Å²) in [5, 5.41) is 19.3. The van der Waals surface area contributed by atoms with Gasteiger partial charge in [0.05, 0.1) is 12.2 Å². The number of aliphatic hydroxyl groups excluding tert-OH is 2. The topological polar surface area (TPSA) is 40.5 Å². The summed E-state index contributed by atoms with van der Waals surface area (Å²) in [6.45, 7) is 4.15. The van der Waals surface area contributed by atoms with Gasteiger partial charge in [0, 0.05) is 0 Å². The lowest BCUT2D eigenvalue weighted by Gasteiger charge is -2.32. The Kier molecular flexibility index (Phi) is 4.20. The largest absolute Gasteiger partial charge is 0.390 e. The fourth-order valence-corrected chi connectivity index (χ4v) is 2.35. The van der Waals surface area contributed by atoms with E-state index < -0.39 is 12.2 Å². The molecule has 0 radical (unpaired) electrons. The molecular weight excluding hydrogens is 164 g/mol. The molecule has 4 atom stereocenters. The van der Waals surface area contributed by atoms with Crippen LogP contribution in [0.5, 0.6) is 0 Å². The Labute approximate surface area is 81.0 Å². The van der Waals surface area contributed by atoms with E-state index in [-0.39, 0.29) is 0 Å². The fraction of sp³-hybridized carbons (Fsp3) is 1.00. The third-order valence-electron chi connectivity index (χ3n) is 3.27. The summed E-state index contributed by atoms with van der Waals surface area (Å²) >= 11 is 0. The summed E-state index contributed by atoms with van der Waals surface area (Å²) in [5.74, 6) is 1.05. The Morgan fingerprint density at radius 3 is 2.54 bits per heavy atom. The first-order chi connectivity index (χ1) is 6.15. The molecule has 78 valence electrons. The van der Waals surface area contributed by atoms with Crippen LogP contribution in [0.3, 0.4) is 0 Å². The number of rotatable bonds is 3. The molecular formula is C11H22O2. The van der Waals surface area contributed by atoms with Gasteiger partial charge in [0.2, 0.25) is 0 Å². The maximum absolute atomic E-state index is 9.81. The highest BCUT2D eigenvalue weighted by Gasteiger charge is 2.28. The second-order valence-corrected chi connectivity index (χ2v) is 4.50. The van der Waals surface area contributed by atoms with E-state index in [1.807, 2.05) is 6.92 Å². The van der Waals surface area contributed by atoms with Crippen LogP contribution in [0, 0.1) is 11.8 Å². The Morgan fingerprint density at radius 1 is 1.31 bits per heavy atom. The monoisotopic (exact) mass is 186 g/mol. The van der Waals surface area contributed by atoms with Crippen molar-refractivity contribution in [3.8, 4) is 0 Å². The molecule has 1 aliphatic carbocycles. The van der Waals surface area contributed by atoms with Crippen molar-refractivity contribution >= 4 is 0 Å². The van der Waals surface area contributed by atoms with Gasteiger partial charge < -0.3 is 10.2 Å². The molecule has 1 rings (SSSR count). The van der Waals surface area contributed by atoms with Crippen LogP contribution < -0.4 is 0 Å². The maximum Gasteiger partial charge on any atom is 0.0827 e. The first-order valence-corrected chi connectivity index (χ1v) is 5.51. The highest BCUT2D eigenvalue weighted by molar-refractivity contribution is 4.80. The molecule has 0 amide bonds. The maximum atomic E-state index is 9.81. The average Bonchev–Trinajstić information content (AvgIpc) is 2.15. The molecule has 0 aromatic heterocycles. The minimum absolute atomic E-state index is 0.332. The van der Waals surface area contributed by atoms with Crippen LogP contribution in [-0.2, 0) is 0 Å². The number of aliphatic hydroxyl groups is 2. The molecule has 13 heavy (non-hydrogen) atoms. The van der Waals surface area contributed by atoms with Crippen LogP contribution in [0.2, 0.25) is 0 Å². The van der Waals surface area contributed by atoms with Crippen molar-refractivity contribution in [2.45, 2.75) is 58.2 Å². The molecule has 1 saturated carbocycles. The first kappa shape index (κ1) is 11.0. The highest BCUT2D eigenvalue weighted by atomic mass is 16.3. The highest BCUT2D eigenvalue weighted by Crippen LogP contribution is 2.32. The Morgan fingerprint density at radius 2 is 2.00 bits per heavy atom. The molecule has 2 N–H and O–H groups in total. The van der Waals surface area contributed by atoms with Crippen LogP contribution in [0.1, 0.15) is 46.0 Å². The summed E-state index contributed by atoms with van der Waals surface area (Å²) in [6, 6.07) is 0. The van der Waals surface area contributed by atoms with Crippen molar-refractivity contribution in [2.75, 3.05) is 0 Å². The van der Waals surface area contributed by atoms with Gasteiger partial charge in [0.25, 0.3) is 0 Å². The predicted molar refractivity (Wildman–Crippen MR) is 53.4 cm³/mol. The Balaban J connectivity index is 2.41. The quantitative estimate of drug-likeness (QED) is 0.707. The predicted octanol–water partition coefficient (Wildman–Crippen LogP) is 1.94. The SMILES string of the molecule is CCC(O)C(O)C1CCCC(C)C1. The van der Waals surface area contributed by atoms with E-state index in [2.05, 4.69) is 6.92 Å². The molecule has 1 fully saturated rings. The van der Waals surface area contributed by atoms with Crippen molar-refractivity contribution < 1.29 is 10.2 Å². The molecule has 2 heteroatoms. The molecule has 0 aliphatic heterocycles. The smallest absolute Gasteiger partial charge is 0.0827 e. The van der Waals surface area contributed by atoms with E-state index in [1.165, 1.54) is 12.8 Å². The zero-order valence-corrected chi connectivity index (χ0v) is 8.74. The molecule has 0 heterocycles. The van der Waals surface area contributed by atoms with Crippen LogP contribution in [0.25, 0.3) is 0 Å². The second-order valence-electron chi connectivity index (χ2n) is 4.50. The van der Waals surface area contributed by atoms with Gasteiger partial charge in [0.1, 0.15) is 0 Å². The zero-order valence-electron chi connectivity index (χ0n) is 8.74. The lowest BCUT2D eigenvalue weighted by molar-refractivity contribution is -0.0333. The van der Waals surface area contributed by atoms with Crippen molar-refractivity contribution in [3.63, 3.8) is 0 Å². The van der Waals surface area contributed by atoms with Gasteiger partial charge in [-0.3, -0.25) is 0 Å². The normalized spacial score (nSPS) is 34.2. The molecule has 0 aromatic rings. The number of hydrogen-bond donors (Lipinski definition) is 2. The van der Waals surface area contributed by atoms with E-state index in [1.54, 1.807) is 0 Å². The van der Waals surface area contributed by atoms with Crippen molar-refractivity contribution in [1.82, 2.24) is 0 Å². The van der Waals surface area contributed by atoms with E-state index in [9.17, 15) is 10.2 Å². The Bertz CT molecular complexity index is 147. The van der Waals surface area contributed by atoms with Gasteiger partial charge in [-0.25, -0.2) is 0 Å². The van der Waals surface area contributed by atoms with Gasteiger partial charge in [-0.05, 0) is 31.1 Å². The van der Waals surface area contributed by atoms with Gasteiger partial charge >= 0.3 is 0 Å². The van der Waals surface area contributed by atoms with Crippen LogP contribution >= 0.6 is 0 Å². The van der Waals surface area contributed by atoms with Crippen LogP contribution in [-0.4, -0.2) is 22.4 Å². The van der Waals surface area contributed by atoms with E-state index in [0.717, 1.165) is 18.8 Å². The fourth-order valence-electron chi connectivity index (χ4n) is 2.35. The lowest BCUT2D eigenvalue weighted by Crippen LogP contribution is -2.35. The third kappa shape index (κ3) is 2.96. The van der Waals surface area contributed by atoms with Gasteiger partial charge in [-0.15, -0.1) is 0 Å². The molecule has 1 aliphatic rings. The second kappa shape index (κ2) is 4.97. The lowest BCUT2D eigenvalue weighted by atomic mass is 9.78. The summed E-state index contributed by atoms with van der Waals surface area (Å²) in [5.41, 5.74) is 0. The van der Waals surface area contributed by atoms with Crippen molar-refractivity contribution in [2.24, 2.45) is 11.8 Å². The van der Waals surface area contributed by atoms with Gasteiger partial charge in [0.15, 0.2) is 0 Å². The first-order valence-electron chi connectivity index (χ1n) is 5.51. The van der Waals surface area contributed by atoms with Gasteiger partial charge in [-0.1, -0.05) is 26.7 Å². The van der Waals surface area contributed by atoms with E-state index in [4.69, 9.17) is 0 Å².